The Labute approximate surface area is 125 Å². The molecule has 0 aromatic heterocycles. The molecule has 0 spiro atoms. The van der Waals surface area contributed by atoms with Gasteiger partial charge in [-0.25, -0.2) is 4.79 Å². The molecule has 0 unspecified atom stereocenters. The fourth-order valence-corrected chi connectivity index (χ4v) is 2.31. The summed E-state index contributed by atoms with van der Waals surface area (Å²) in [6.45, 7) is 4.12. The molecular formula is C17H22N2O2. The molecule has 0 aliphatic rings. The van der Waals surface area contributed by atoms with Crippen molar-refractivity contribution in [2.45, 2.75) is 26.0 Å². The molecule has 2 amide bonds. The maximum atomic E-state index is 12.0. The van der Waals surface area contributed by atoms with Crippen LogP contribution in [0.1, 0.15) is 19.4 Å². The standard InChI is InChI=1S/C17H22N2O2/c1-17(2,21)12-19(3)16(20)18-11-13-8-9-14-6-4-5-7-15(14)10-13/h4-10,21H,11-12H2,1-3H3,(H,18,20). The Kier molecular flexibility index (Phi) is 4.48. The number of carbonyl (C=O) groups is 1. The predicted molar refractivity (Wildman–Crippen MR) is 85.1 cm³/mol. The van der Waals surface area contributed by atoms with Crippen LogP contribution in [0, 0.1) is 0 Å². The van der Waals surface area contributed by atoms with Crippen LogP contribution in [0.15, 0.2) is 42.5 Å². The number of likely N-dealkylation sites (N-methyl/N-ethyl adjacent to an activating group) is 1. The van der Waals surface area contributed by atoms with Crippen LogP contribution in [0.5, 0.6) is 0 Å². The van der Waals surface area contributed by atoms with Gasteiger partial charge < -0.3 is 15.3 Å². The maximum Gasteiger partial charge on any atom is 0.317 e. The van der Waals surface area contributed by atoms with E-state index < -0.39 is 5.60 Å². The second-order valence-corrected chi connectivity index (χ2v) is 6.01. The summed E-state index contributed by atoms with van der Waals surface area (Å²) in [5.41, 5.74) is 0.161. The zero-order chi connectivity index (χ0) is 15.5. The summed E-state index contributed by atoms with van der Waals surface area (Å²) in [6.07, 6.45) is 0. The van der Waals surface area contributed by atoms with Crippen LogP contribution in [-0.2, 0) is 6.54 Å². The third-order valence-corrected chi connectivity index (χ3v) is 3.23. The van der Waals surface area contributed by atoms with Crippen LogP contribution in [0.2, 0.25) is 0 Å². The molecule has 4 heteroatoms. The Balaban J connectivity index is 1.96. The van der Waals surface area contributed by atoms with Gasteiger partial charge in [-0.3, -0.25) is 0 Å². The average molecular weight is 286 g/mol. The maximum absolute atomic E-state index is 12.0. The van der Waals surface area contributed by atoms with E-state index in [0.717, 1.165) is 10.9 Å². The lowest BCUT2D eigenvalue weighted by Crippen LogP contribution is -2.44. The molecule has 112 valence electrons. The molecule has 0 saturated heterocycles. The van der Waals surface area contributed by atoms with E-state index in [4.69, 9.17) is 0 Å². The first kappa shape index (κ1) is 15.3. The van der Waals surface area contributed by atoms with Crippen molar-refractivity contribution in [3.8, 4) is 0 Å². The van der Waals surface area contributed by atoms with Crippen LogP contribution in [-0.4, -0.2) is 35.2 Å². The minimum absolute atomic E-state index is 0.190. The highest BCUT2D eigenvalue weighted by Crippen LogP contribution is 2.15. The minimum atomic E-state index is -0.894. The van der Waals surface area contributed by atoms with Gasteiger partial charge in [0.15, 0.2) is 0 Å². The Bertz CT molecular complexity index is 632. The summed E-state index contributed by atoms with van der Waals surface area (Å²) in [7, 11) is 1.67. The van der Waals surface area contributed by atoms with E-state index in [-0.39, 0.29) is 12.6 Å². The topological polar surface area (TPSA) is 52.6 Å². The van der Waals surface area contributed by atoms with Gasteiger partial charge in [0.05, 0.1) is 12.1 Å². The molecule has 2 aromatic carbocycles. The number of rotatable bonds is 4. The summed E-state index contributed by atoms with van der Waals surface area (Å²) in [5, 5.41) is 14.9. The van der Waals surface area contributed by atoms with Crippen LogP contribution >= 0.6 is 0 Å². The van der Waals surface area contributed by atoms with Gasteiger partial charge in [-0.15, -0.1) is 0 Å². The van der Waals surface area contributed by atoms with Gasteiger partial charge in [0, 0.05) is 13.6 Å². The highest BCUT2D eigenvalue weighted by Gasteiger charge is 2.18. The van der Waals surface area contributed by atoms with Crippen molar-refractivity contribution in [1.82, 2.24) is 10.2 Å². The lowest BCUT2D eigenvalue weighted by atomic mass is 10.1. The van der Waals surface area contributed by atoms with Crippen LogP contribution in [0.3, 0.4) is 0 Å². The molecule has 4 nitrogen and oxygen atoms in total. The first-order valence-electron chi connectivity index (χ1n) is 7.04. The molecule has 0 aliphatic heterocycles. The largest absolute Gasteiger partial charge is 0.389 e. The molecule has 0 atom stereocenters. The summed E-state index contributed by atoms with van der Waals surface area (Å²) in [6, 6.07) is 14.1. The SMILES string of the molecule is CN(CC(C)(C)O)C(=O)NCc1ccc2ccccc2c1. The van der Waals surface area contributed by atoms with Crippen molar-refractivity contribution in [1.29, 1.82) is 0 Å². The van der Waals surface area contributed by atoms with Crippen molar-refractivity contribution < 1.29 is 9.90 Å². The molecule has 0 fully saturated rings. The summed E-state index contributed by atoms with van der Waals surface area (Å²) >= 11 is 0. The van der Waals surface area contributed by atoms with E-state index in [1.54, 1.807) is 20.9 Å². The van der Waals surface area contributed by atoms with E-state index in [9.17, 15) is 9.90 Å². The monoisotopic (exact) mass is 286 g/mol. The molecule has 2 N–H and O–H groups in total. The van der Waals surface area contributed by atoms with Gasteiger partial charge in [-0.2, -0.15) is 0 Å². The van der Waals surface area contributed by atoms with Gasteiger partial charge >= 0.3 is 6.03 Å². The Morgan fingerprint density at radius 2 is 1.86 bits per heavy atom. The van der Waals surface area contributed by atoms with Gasteiger partial charge in [-0.1, -0.05) is 36.4 Å². The van der Waals surface area contributed by atoms with Crippen molar-refractivity contribution in [3.63, 3.8) is 0 Å². The molecule has 0 heterocycles. The van der Waals surface area contributed by atoms with Crippen LogP contribution < -0.4 is 5.32 Å². The number of carbonyl (C=O) groups excluding carboxylic acids is 1. The highest BCUT2D eigenvalue weighted by molar-refractivity contribution is 5.83. The van der Waals surface area contributed by atoms with E-state index in [0.29, 0.717) is 6.54 Å². The second kappa shape index (κ2) is 6.14. The summed E-state index contributed by atoms with van der Waals surface area (Å²) in [5.74, 6) is 0. The second-order valence-electron chi connectivity index (χ2n) is 6.01. The molecular weight excluding hydrogens is 264 g/mol. The third kappa shape index (κ3) is 4.46. The van der Waals surface area contributed by atoms with Crippen molar-refractivity contribution >= 4 is 16.8 Å². The first-order chi connectivity index (χ1) is 9.85. The Morgan fingerprint density at radius 1 is 1.19 bits per heavy atom. The van der Waals surface area contributed by atoms with E-state index in [1.165, 1.54) is 10.3 Å². The van der Waals surface area contributed by atoms with Crippen LogP contribution in [0.4, 0.5) is 4.79 Å². The summed E-state index contributed by atoms with van der Waals surface area (Å²) in [4.78, 5) is 13.4. The fraction of sp³-hybridized carbons (Fsp3) is 0.353. The average Bonchev–Trinajstić information content (AvgIpc) is 2.42. The number of fused-ring (bicyclic) bond motifs is 1. The molecule has 21 heavy (non-hydrogen) atoms. The molecule has 0 radical (unpaired) electrons. The number of nitrogens with zero attached hydrogens (tertiary/aromatic N) is 1. The fourth-order valence-electron chi connectivity index (χ4n) is 2.31. The number of nitrogens with one attached hydrogen (secondary N) is 1. The van der Waals surface area contributed by atoms with Gasteiger partial charge in [0.25, 0.3) is 0 Å². The Hall–Kier alpha value is -2.07. The lowest BCUT2D eigenvalue weighted by molar-refractivity contribution is 0.0531. The number of hydrogen-bond acceptors (Lipinski definition) is 2. The first-order valence-corrected chi connectivity index (χ1v) is 7.04. The van der Waals surface area contributed by atoms with Gasteiger partial charge in [0.1, 0.15) is 0 Å². The zero-order valence-electron chi connectivity index (χ0n) is 12.8. The third-order valence-electron chi connectivity index (χ3n) is 3.23. The summed E-state index contributed by atoms with van der Waals surface area (Å²) < 4.78 is 0. The van der Waals surface area contributed by atoms with Crippen molar-refractivity contribution in [3.05, 3.63) is 48.0 Å². The van der Waals surface area contributed by atoms with Gasteiger partial charge in [-0.05, 0) is 36.2 Å². The molecule has 2 aromatic rings. The number of aliphatic hydroxyl groups is 1. The van der Waals surface area contributed by atoms with E-state index in [1.807, 2.05) is 18.2 Å². The van der Waals surface area contributed by atoms with E-state index >= 15 is 0 Å². The number of amides is 2. The lowest BCUT2D eigenvalue weighted by Gasteiger charge is -2.25. The normalized spacial score (nSPS) is 11.4. The molecule has 0 bridgehead atoms. The van der Waals surface area contributed by atoms with E-state index in [2.05, 4.69) is 29.6 Å². The van der Waals surface area contributed by atoms with Gasteiger partial charge in [0.2, 0.25) is 0 Å². The Morgan fingerprint density at radius 3 is 2.52 bits per heavy atom. The minimum Gasteiger partial charge on any atom is -0.389 e. The van der Waals surface area contributed by atoms with Crippen molar-refractivity contribution in [2.24, 2.45) is 0 Å². The molecule has 2 rings (SSSR count). The quantitative estimate of drug-likeness (QED) is 0.908. The number of benzene rings is 2. The smallest absolute Gasteiger partial charge is 0.317 e. The molecule has 0 saturated carbocycles. The van der Waals surface area contributed by atoms with Crippen molar-refractivity contribution in [2.75, 3.05) is 13.6 Å². The number of hydrogen-bond donors (Lipinski definition) is 2. The zero-order valence-corrected chi connectivity index (χ0v) is 12.8. The predicted octanol–water partition coefficient (Wildman–Crippen LogP) is 2.75. The highest BCUT2D eigenvalue weighted by atomic mass is 16.3. The number of urea groups is 1. The van der Waals surface area contributed by atoms with Crippen LogP contribution in [0.25, 0.3) is 10.8 Å². The molecule has 0 aliphatic carbocycles.